The Morgan fingerprint density at radius 2 is 2.19 bits per heavy atom. The molecule has 2 aromatic rings. The second-order valence-electron chi connectivity index (χ2n) is 4.92. The molecule has 0 aliphatic heterocycles. The zero-order chi connectivity index (χ0) is 15.2. The number of nitrogens with one attached hydrogen (secondary N) is 1. The van der Waals surface area contributed by atoms with Gasteiger partial charge in [-0.3, -0.25) is 9.67 Å². The molecule has 5 nitrogen and oxygen atoms in total. The van der Waals surface area contributed by atoms with Crippen LogP contribution in [0.5, 0.6) is 5.75 Å². The molecule has 2 heterocycles. The molecule has 2 aromatic heterocycles. The average Bonchev–Trinajstić information content (AvgIpc) is 2.72. The monoisotopic (exact) mass is 352 g/mol. The van der Waals surface area contributed by atoms with E-state index in [1.165, 1.54) is 0 Å². The highest BCUT2D eigenvalue weighted by Crippen LogP contribution is 2.21. The molecule has 114 valence electrons. The Hall–Kier alpha value is -1.40. The Balaban J connectivity index is 1.91. The molecular formula is C15H21BrN4O. The van der Waals surface area contributed by atoms with Crippen LogP contribution in [0.15, 0.2) is 22.8 Å². The van der Waals surface area contributed by atoms with Gasteiger partial charge in [0.1, 0.15) is 12.4 Å². The highest BCUT2D eigenvalue weighted by Gasteiger charge is 2.11. The fourth-order valence-electron chi connectivity index (χ4n) is 1.98. The molecule has 1 N–H and O–H groups in total. The highest BCUT2D eigenvalue weighted by atomic mass is 79.9. The van der Waals surface area contributed by atoms with Crippen molar-refractivity contribution in [1.82, 2.24) is 20.1 Å². The summed E-state index contributed by atoms with van der Waals surface area (Å²) < 4.78 is 8.60. The maximum atomic E-state index is 5.77. The van der Waals surface area contributed by atoms with Crippen molar-refractivity contribution in [3.05, 3.63) is 39.9 Å². The van der Waals surface area contributed by atoms with Gasteiger partial charge < -0.3 is 10.1 Å². The van der Waals surface area contributed by atoms with Crippen molar-refractivity contribution >= 4 is 15.9 Å². The molecular weight excluding hydrogens is 332 g/mol. The van der Waals surface area contributed by atoms with Gasteiger partial charge >= 0.3 is 0 Å². The molecule has 0 aromatic carbocycles. The molecule has 0 atom stereocenters. The minimum Gasteiger partial charge on any atom is -0.486 e. The summed E-state index contributed by atoms with van der Waals surface area (Å²) in [6.07, 6.45) is 2.89. The first-order chi connectivity index (χ1) is 10.1. The molecule has 0 bridgehead atoms. The van der Waals surface area contributed by atoms with Crippen LogP contribution in [-0.4, -0.2) is 21.3 Å². The summed E-state index contributed by atoms with van der Waals surface area (Å²) >= 11 is 3.53. The number of hydrogen-bond acceptors (Lipinski definition) is 4. The van der Waals surface area contributed by atoms with Crippen LogP contribution >= 0.6 is 15.9 Å². The number of rotatable bonds is 7. The second-order valence-corrected chi connectivity index (χ2v) is 5.71. The quantitative estimate of drug-likeness (QED) is 0.778. The van der Waals surface area contributed by atoms with Crippen LogP contribution in [0.4, 0.5) is 0 Å². The number of nitrogens with zero attached hydrogens (tertiary/aromatic N) is 3. The second kappa shape index (κ2) is 7.56. The molecule has 6 heteroatoms. The van der Waals surface area contributed by atoms with Crippen LogP contribution < -0.4 is 10.1 Å². The summed E-state index contributed by atoms with van der Waals surface area (Å²) in [6, 6.07) is 3.94. The Labute approximate surface area is 133 Å². The SMILES string of the molecule is CCCNCc1ccc(OCc2c(Br)c(C)nn2C)cn1. The van der Waals surface area contributed by atoms with E-state index in [0.29, 0.717) is 6.61 Å². The van der Waals surface area contributed by atoms with E-state index in [0.717, 1.165) is 46.8 Å². The van der Waals surface area contributed by atoms with Crippen molar-refractivity contribution in [3.8, 4) is 5.75 Å². The molecule has 2 rings (SSSR count). The zero-order valence-corrected chi connectivity index (χ0v) is 14.3. The molecule has 21 heavy (non-hydrogen) atoms. The molecule has 0 aliphatic rings. The zero-order valence-electron chi connectivity index (χ0n) is 12.7. The van der Waals surface area contributed by atoms with Crippen LogP contribution in [0.2, 0.25) is 0 Å². The Bertz CT molecular complexity index is 580. The number of pyridine rings is 1. The first kappa shape index (κ1) is 16.0. The van der Waals surface area contributed by atoms with Crippen molar-refractivity contribution < 1.29 is 4.74 Å². The molecule has 0 unspecified atom stereocenters. The van der Waals surface area contributed by atoms with Gasteiger partial charge in [0.25, 0.3) is 0 Å². The van der Waals surface area contributed by atoms with Crippen LogP contribution in [0, 0.1) is 6.92 Å². The van der Waals surface area contributed by atoms with Crippen molar-refractivity contribution in [1.29, 1.82) is 0 Å². The van der Waals surface area contributed by atoms with Crippen molar-refractivity contribution in [3.63, 3.8) is 0 Å². The van der Waals surface area contributed by atoms with E-state index in [2.05, 4.69) is 38.3 Å². The minimum absolute atomic E-state index is 0.465. The number of ether oxygens (including phenoxy) is 1. The summed E-state index contributed by atoms with van der Waals surface area (Å²) in [5, 5.41) is 7.67. The number of halogens is 1. The fraction of sp³-hybridized carbons (Fsp3) is 0.467. The topological polar surface area (TPSA) is 52.0 Å². The first-order valence-corrected chi connectivity index (χ1v) is 7.87. The first-order valence-electron chi connectivity index (χ1n) is 7.08. The highest BCUT2D eigenvalue weighted by molar-refractivity contribution is 9.10. The Kier molecular flexibility index (Phi) is 5.76. The van der Waals surface area contributed by atoms with Crippen molar-refractivity contribution in [2.75, 3.05) is 6.54 Å². The van der Waals surface area contributed by atoms with Gasteiger partial charge in [-0.25, -0.2) is 0 Å². The van der Waals surface area contributed by atoms with Crippen LogP contribution in [0.3, 0.4) is 0 Å². The Morgan fingerprint density at radius 1 is 1.38 bits per heavy atom. The van der Waals surface area contributed by atoms with Gasteiger partial charge in [0.05, 0.1) is 27.8 Å². The van der Waals surface area contributed by atoms with Gasteiger partial charge in [-0.15, -0.1) is 0 Å². The molecule has 0 saturated heterocycles. The van der Waals surface area contributed by atoms with Crippen LogP contribution in [0.1, 0.15) is 30.4 Å². The van der Waals surface area contributed by atoms with Gasteiger partial charge in [-0.05, 0) is 48.0 Å². The predicted octanol–water partition coefficient (Wildman–Crippen LogP) is 2.96. The smallest absolute Gasteiger partial charge is 0.138 e. The molecule has 0 aliphatic carbocycles. The Morgan fingerprint density at radius 3 is 2.76 bits per heavy atom. The van der Waals surface area contributed by atoms with Crippen molar-refractivity contribution in [2.24, 2.45) is 7.05 Å². The van der Waals surface area contributed by atoms with E-state index in [4.69, 9.17) is 4.74 Å². The standard InChI is InChI=1S/C15H21BrN4O/c1-4-7-17-8-12-5-6-13(9-18-12)21-10-14-15(16)11(2)19-20(14)3/h5-6,9,17H,4,7-8,10H2,1-3H3. The van der Waals surface area contributed by atoms with E-state index >= 15 is 0 Å². The van der Waals surface area contributed by atoms with E-state index < -0.39 is 0 Å². The van der Waals surface area contributed by atoms with E-state index in [1.807, 2.05) is 30.8 Å². The molecule has 0 fully saturated rings. The van der Waals surface area contributed by atoms with Crippen molar-refractivity contribution in [2.45, 2.75) is 33.4 Å². The third-order valence-corrected chi connectivity index (χ3v) is 4.20. The summed E-state index contributed by atoms with van der Waals surface area (Å²) in [6.45, 7) is 6.38. The number of aromatic nitrogens is 3. The summed E-state index contributed by atoms with van der Waals surface area (Å²) in [7, 11) is 1.91. The minimum atomic E-state index is 0.465. The van der Waals surface area contributed by atoms with Gasteiger partial charge in [-0.2, -0.15) is 5.10 Å². The lowest BCUT2D eigenvalue weighted by Crippen LogP contribution is -2.14. The van der Waals surface area contributed by atoms with Crippen LogP contribution in [0.25, 0.3) is 0 Å². The molecule has 0 radical (unpaired) electrons. The molecule has 0 amide bonds. The lowest BCUT2D eigenvalue weighted by Gasteiger charge is -2.08. The number of hydrogen-bond donors (Lipinski definition) is 1. The van der Waals surface area contributed by atoms with Crippen LogP contribution in [-0.2, 0) is 20.2 Å². The normalized spacial score (nSPS) is 10.9. The van der Waals surface area contributed by atoms with Gasteiger partial charge in [0, 0.05) is 13.6 Å². The van der Waals surface area contributed by atoms with Gasteiger partial charge in [0.15, 0.2) is 0 Å². The van der Waals surface area contributed by atoms with E-state index in [9.17, 15) is 0 Å². The van der Waals surface area contributed by atoms with E-state index in [-0.39, 0.29) is 0 Å². The maximum absolute atomic E-state index is 5.77. The van der Waals surface area contributed by atoms with Gasteiger partial charge in [-0.1, -0.05) is 6.92 Å². The largest absolute Gasteiger partial charge is 0.486 e. The predicted molar refractivity (Wildman–Crippen MR) is 86.2 cm³/mol. The van der Waals surface area contributed by atoms with Gasteiger partial charge in [0.2, 0.25) is 0 Å². The summed E-state index contributed by atoms with van der Waals surface area (Å²) in [4.78, 5) is 4.39. The summed E-state index contributed by atoms with van der Waals surface area (Å²) in [5.41, 5.74) is 3.00. The third-order valence-electron chi connectivity index (χ3n) is 3.17. The molecule has 0 saturated carbocycles. The fourth-order valence-corrected chi connectivity index (χ4v) is 2.43. The average molecular weight is 353 g/mol. The maximum Gasteiger partial charge on any atom is 0.138 e. The molecule has 0 spiro atoms. The lowest BCUT2D eigenvalue weighted by atomic mass is 10.3. The number of aryl methyl sites for hydroxylation is 2. The lowest BCUT2D eigenvalue weighted by molar-refractivity contribution is 0.292. The third kappa shape index (κ3) is 4.28. The summed E-state index contributed by atoms with van der Waals surface area (Å²) in [5.74, 6) is 0.764. The van der Waals surface area contributed by atoms with E-state index in [1.54, 1.807) is 6.20 Å².